The number of benzene rings is 2. The van der Waals surface area contributed by atoms with Crippen LogP contribution in [0, 0.1) is 0 Å². The normalized spacial score (nSPS) is 12.6. The van der Waals surface area contributed by atoms with Crippen molar-refractivity contribution in [3.8, 4) is 0 Å². The monoisotopic (exact) mass is 525 g/mol. The van der Waals surface area contributed by atoms with Gasteiger partial charge in [0.2, 0.25) is 0 Å². The van der Waals surface area contributed by atoms with Crippen LogP contribution in [0.5, 0.6) is 0 Å². The van der Waals surface area contributed by atoms with Gasteiger partial charge in [-0.15, -0.1) is 0 Å². The van der Waals surface area contributed by atoms with Crippen LogP contribution in [-0.2, 0) is 17.1 Å². The average molecular weight is 526 g/mol. The van der Waals surface area contributed by atoms with Crippen molar-refractivity contribution in [2.75, 3.05) is 31.0 Å². The van der Waals surface area contributed by atoms with Crippen LogP contribution >= 0.6 is 23.1 Å². The Hall–Kier alpha value is -2.76. The van der Waals surface area contributed by atoms with E-state index in [0.29, 0.717) is 28.4 Å². The molecule has 0 radical (unpaired) electrons. The van der Waals surface area contributed by atoms with E-state index in [1.165, 1.54) is 16.9 Å². The van der Waals surface area contributed by atoms with Crippen LogP contribution in [0.2, 0.25) is 0 Å². The molecule has 190 valence electrons. The first-order valence-corrected chi connectivity index (χ1v) is 13.4. The molecule has 4 N–H and O–H groups in total. The summed E-state index contributed by atoms with van der Waals surface area (Å²) in [7, 11) is 1.65. The summed E-state index contributed by atoms with van der Waals surface area (Å²) in [5.74, 6) is 1.37. The summed E-state index contributed by atoms with van der Waals surface area (Å²) in [4.78, 5) is 14.3. The summed E-state index contributed by atoms with van der Waals surface area (Å²) in [6, 6.07) is 17.7. The average Bonchev–Trinajstić information content (AvgIpc) is 3.30. The summed E-state index contributed by atoms with van der Waals surface area (Å²) >= 11 is 2.98. The molecule has 0 saturated carbocycles. The molecule has 4 aromatic rings. The number of hydrogen-bond acceptors (Lipinski definition) is 10. The molecule has 2 heterocycles. The zero-order chi connectivity index (χ0) is 25.5. The van der Waals surface area contributed by atoms with E-state index in [9.17, 15) is 10.2 Å². The Kier molecular flexibility index (Phi) is 8.76. The molecular weight excluding hydrogens is 494 g/mol. The third-order valence-corrected chi connectivity index (χ3v) is 7.43. The Morgan fingerprint density at radius 1 is 1.03 bits per heavy atom. The largest absolute Gasteiger partial charge is 0.394 e. The topological polar surface area (TPSA) is 112 Å². The molecule has 0 unspecified atom stereocenters. The van der Waals surface area contributed by atoms with Gasteiger partial charge in [0.25, 0.3) is 0 Å². The van der Waals surface area contributed by atoms with E-state index in [-0.39, 0.29) is 19.3 Å². The number of aliphatic hydroxyl groups is 2. The fourth-order valence-corrected chi connectivity index (χ4v) is 5.34. The maximum atomic E-state index is 9.84. The van der Waals surface area contributed by atoms with Crippen LogP contribution in [0.15, 0.2) is 59.8 Å². The van der Waals surface area contributed by atoms with Crippen LogP contribution in [0.25, 0.3) is 10.3 Å². The molecule has 8 nitrogen and oxygen atoms in total. The number of aliphatic hydroxyl groups excluding tert-OH is 2. The second kappa shape index (κ2) is 12.0. The predicted octanol–water partition coefficient (Wildman–Crippen LogP) is 4.85. The predicted molar refractivity (Wildman–Crippen MR) is 147 cm³/mol. The van der Waals surface area contributed by atoms with Crippen molar-refractivity contribution >= 4 is 44.4 Å². The van der Waals surface area contributed by atoms with Crippen molar-refractivity contribution in [1.29, 1.82) is 0 Å². The second-order valence-electron chi connectivity index (χ2n) is 8.98. The van der Waals surface area contributed by atoms with Gasteiger partial charge in [-0.25, -0.2) is 9.97 Å². The molecule has 2 aromatic carbocycles. The van der Waals surface area contributed by atoms with Crippen molar-refractivity contribution in [1.82, 2.24) is 15.0 Å². The summed E-state index contributed by atoms with van der Waals surface area (Å²) in [5, 5.41) is 27.8. The van der Waals surface area contributed by atoms with Crippen LogP contribution in [-0.4, -0.2) is 51.0 Å². The highest BCUT2D eigenvalue weighted by molar-refractivity contribution is 7.98. The Morgan fingerprint density at radius 2 is 1.78 bits per heavy atom. The highest BCUT2D eigenvalue weighted by atomic mass is 32.2. The Balaban J connectivity index is 1.67. The summed E-state index contributed by atoms with van der Waals surface area (Å²) in [6.07, 6.45) is 0. The number of rotatable bonds is 12. The molecule has 0 amide bonds. The summed E-state index contributed by atoms with van der Waals surface area (Å²) in [6.45, 7) is 4.12. The van der Waals surface area contributed by atoms with Crippen molar-refractivity contribution in [2.24, 2.45) is 0 Å². The first kappa shape index (κ1) is 26.3. The minimum Gasteiger partial charge on any atom is -0.394 e. The summed E-state index contributed by atoms with van der Waals surface area (Å²) < 4.78 is 6.26. The SMILES string of the molecule is COC[C@H](Nc1nc2nc(SCc3ccccc3)nc(NC(C)(C)CO)c2s1)c1ccccc1CO. The molecular formula is C26H31N5O3S2. The van der Waals surface area contributed by atoms with Gasteiger partial charge in [-0.3, -0.25) is 0 Å². The smallest absolute Gasteiger partial charge is 0.191 e. The molecule has 0 fully saturated rings. The first-order valence-electron chi connectivity index (χ1n) is 11.6. The van der Waals surface area contributed by atoms with Crippen LogP contribution in [0.3, 0.4) is 0 Å². The number of thioether (sulfide) groups is 1. The molecule has 0 saturated heterocycles. The maximum absolute atomic E-state index is 9.84. The minimum absolute atomic E-state index is 0.0528. The third kappa shape index (κ3) is 6.51. The molecule has 0 bridgehead atoms. The van der Waals surface area contributed by atoms with E-state index in [2.05, 4.69) is 22.8 Å². The Morgan fingerprint density at radius 3 is 2.50 bits per heavy atom. The fourth-order valence-electron chi connectivity index (χ4n) is 3.64. The molecule has 0 aliphatic carbocycles. The van der Waals surface area contributed by atoms with Crippen LogP contribution < -0.4 is 10.6 Å². The van der Waals surface area contributed by atoms with Crippen LogP contribution in [0.1, 0.15) is 36.6 Å². The fraction of sp³-hybridized carbons (Fsp3) is 0.346. The van der Waals surface area contributed by atoms with E-state index in [4.69, 9.17) is 19.7 Å². The number of fused-ring (bicyclic) bond motifs is 1. The number of anilines is 2. The molecule has 2 aromatic heterocycles. The lowest BCUT2D eigenvalue weighted by molar-refractivity contribution is 0.185. The van der Waals surface area contributed by atoms with Gasteiger partial charge < -0.3 is 25.6 Å². The maximum Gasteiger partial charge on any atom is 0.191 e. The number of ether oxygens (including phenoxy) is 1. The number of nitrogens with one attached hydrogen (secondary N) is 2. The second-order valence-corrected chi connectivity index (χ2v) is 10.9. The number of aromatic nitrogens is 3. The lowest BCUT2D eigenvalue weighted by Gasteiger charge is -2.24. The van der Waals surface area contributed by atoms with E-state index in [1.54, 1.807) is 18.9 Å². The lowest BCUT2D eigenvalue weighted by atomic mass is 10.0. The Labute approximate surface area is 219 Å². The molecule has 1 atom stereocenters. The highest BCUT2D eigenvalue weighted by Crippen LogP contribution is 2.35. The van der Waals surface area contributed by atoms with Crippen molar-refractivity contribution < 1.29 is 14.9 Å². The standard InChI is InChI=1S/C26H31N5O3S2/c1-26(2,16-33)31-23-21-22(28-24(30-23)35-15-17-9-5-4-6-10-17)29-25(36-21)27-20(14-34-3)19-12-8-7-11-18(19)13-32/h4-12,20,32-33H,13-16H2,1-3H3,(H2,27,28,29,30,31)/t20-/m0/s1. The van der Waals surface area contributed by atoms with Gasteiger partial charge in [0.15, 0.2) is 21.8 Å². The van der Waals surface area contributed by atoms with E-state index < -0.39 is 5.54 Å². The van der Waals surface area contributed by atoms with Gasteiger partial charge in [-0.1, -0.05) is 77.7 Å². The number of thiazole rings is 1. The molecule has 4 rings (SSSR count). The van der Waals surface area contributed by atoms with Crippen molar-refractivity contribution in [3.63, 3.8) is 0 Å². The van der Waals surface area contributed by atoms with Crippen molar-refractivity contribution in [3.05, 3.63) is 71.3 Å². The molecule has 0 aliphatic rings. The quantitative estimate of drug-likeness (QED) is 0.152. The van der Waals surface area contributed by atoms with Gasteiger partial charge in [0.1, 0.15) is 4.70 Å². The third-order valence-electron chi connectivity index (χ3n) is 5.53. The number of methoxy groups -OCH3 is 1. The van der Waals surface area contributed by atoms with Gasteiger partial charge in [-0.05, 0) is 30.5 Å². The van der Waals surface area contributed by atoms with Gasteiger partial charge in [-0.2, -0.15) is 4.98 Å². The first-order chi connectivity index (χ1) is 17.4. The van der Waals surface area contributed by atoms with Gasteiger partial charge in [0, 0.05) is 12.9 Å². The summed E-state index contributed by atoms with van der Waals surface area (Å²) in [5.41, 5.74) is 2.97. The van der Waals surface area contributed by atoms with Gasteiger partial charge in [0.05, 0.1) is 31.4 Å². The molecule has 36 heavy (non-hydrogen) atoms. The number of nitrogens with zero attached hydrogens (tertiary/aromatic N) is 3. The number of hydrogen-bond donors (Lipinski definition) is 4. The van der Waals surface area contributed by atoms with E-state index >= 15 is 0 Å². The Bertz CT molecular complexity index is 1280. The molecule has 10 heteroatoms. The lowest BCUT2D eigenvalue weighted by Crippen LogP contribution is -2.35. The van der Waals surface area contributed by atoms with Gasteiger partial charge >= 0.3 is 0 Å². The zero-order valence-corrected chi connectivity index (χ0v) is 22.2. The van der Waals surface area contributed by atoms with Crippen LogP contribution in [0.4, 0.5) is 10.9 Å². The molecule has 0 aliphatic heterocycles. The van der Waals surface area contributed by atoms with Crippen molar-refractivity contribution in [2.45, 2.75) is 42.9 Å². The van der Waals surface area contributed by atoms with E-state index in [0.717, 1.165) is 21.6 Å². The zero-order valence-electron chi connectivity index (χ0n) is 20.6. The molecule has 0 spiro atoms. The van der Waals surface area contributed by atoms with E-state index in [1.807, 2.05) is 56.3 Å². The highest BCUT2D eigenvalue weighted by Gasteiger charge is 2.23. The minimum atomic E-state index is -0.571.